The minimum atomic E-state index is -0.165. The first-order valence-electron chi connectivity index (χ1n) is 10.2. The van der Waals surface area contributed by atoms with Crippen LogP contribution in [0.1, 0.15) is 67.7 Å². The summed E-state index contributed by atoms with van der Waals surface area (Å²) in [5.74, 6) is -0.137. The van der Waals surface area contributed by atoms with Gasteiger partial charge in [-0.2, -0.15) is 0 Å². The van der Waals surface area contributed by atoms with Gasteiger partial charge in [0.2, 0.25) is 0 Å². The molecule has 0 radical (unpaired) electrons. The Hall–Kier alpha value is -3.01. The van der Waals surface area contributed by atoms with Gasteiger partial charge in [0.1, 0.15) is 0 Å². The van der Waals surface area contributed by atoms with E-state index < -0.39 is 0 Å². The summed E-state index contributed by atoms with van der Waals surface area (Å²) in [4.78, 5) is 21.7. The van der Waals surface area contributed by atoms with Gasteiger partial charge >= 0.3 is 0 Å². The number of rotatable bonds is 4. The Morgan fingerprint density at radius 2 is 2.00 bits per heavy atom. The smallest absolute Gasteiger partial charge is 0.253 e. The van der Waals surface area contributed by atoms with Crippen LogP contribution < -0.4 is 5.32 Å². The van der Waals surface area contributed by atoms with Crippen LogP contribution in [0.4, 0.5) is 0 Å². The summed E-state index contributed by atoms with van der Waals surface area (Å²) in [6, 6.07) is 13.7. The predicted molar refractivity (Wildman–Crippen MR) is 117 cm³/mol. The summed E-state index contributed by atoms with van der Waals surface area (Å²) < 4.78 is 0. The zero-order chi connectivity index (χ0) is 20.4. The van der Waals surface area contributed by atoms with E-state index in [1.54, 1.807) is 12.4 Å². The number of hydrogen-bond acceptors (Lipinski definition) is 3. The number of hydrogen-bond donors (Lipinski definition) is 1. The maximum atomic E-state index is 12.7. The molecule has 4 rings (SSSR count). The van der Waals surface area contributed by atoms with Crippen molar-refractivity contribution in [2.75, 3.05) is 0 Å². The molecular weight excluding hydrogens is 358 g/mol. The lowest BCUT2D eigenvalue weighted by molar-refractivity contribution is 0.0939. The predicted octanol–water partition coefficient (Wildman–Crippen LogP) is 5.71. The normalized spacial score (nSPS) is 16.9. The molecule has 1 aromatic carbocycles. The van der Waals surface area contributed by atoms with Gasteiger partial charge in [0.25, 0.3) is 5.91 Å². The summed E-state index contributed by atoms with van der Waals surface area (Å²) in [5, 5.41) is 4.00. The molecule has 0 bridgehead atoms. The van der Waals surface area contributed by atoms with E-state index in [2.05, 4.69) is 47.3 Å². The van der Waals surface area contributed by atoms with Crippen molar-refractivity contribution in [2.24, 2.45) is 5.41 Å². The molecule has 148 valence electrons. The molecule has 4 heteroatoms. The Labute approximate surface area is 172 Å². The fourth-order valence-electron chi connectivity index (χ4n) is 3.85. The van der Waals surface area contributed by atoms with Crippen molar-refractivity contribution in [3.05, 3.63) is 77.8 Å². The number of allylic oxidation sites excluding steroid dienone is 2. The maximum Gasteiger partial charge on any atom is 0.253 e. The zero-order valence-corrected chi connectivity index (χ0v) is 17.3. The Morgan fingerprint density at radius 1 is 1.14 bits per heavy atom. The van der Waals surface area contributed by atoms with Crippen molar-refractivity contribution in [3.8, 4) is 0 Å². The largest absolute Gasteiger partial charge is 0.344 e. The second-order valence-electron chi connectivity index (χ2n) is 8.65. The molecular formula is C25H27N3O. The summed E-state index contributed by atoms with van der Waals surface area (Å²) in [7, 11) is 0. The van der Waals surface area contributed by atoms with Gasteiger partial charge in [-0.25, -0.2) is 0 Å². The number of para-hydroxylation sites is 1. The SMILES string of the molecule is C[C@H](NC(=O)c1cnc2c(C3=CCC(C)(C)CC3)cccc2c1)c1ccccn1. The quantitative estimate of drug-likeness (QED) is 0.625. The maximum absolute atomic E-state index is 12.7. The molecule has 1 atom stereocenters. The molecule has 3 aromatic rings. The summed E-state index contributed by atoms with van der Waals surface area (Å²) in [5.41, 5.74) is 5.29. The van der Waals surface area contributed by atoms with Crippen LogP contribution in [0.15, 0.2) is 60.9 Å². The highest BCUT2D eigenvalue weighted by Crippen LogP contribution is 2.39. The first-order valence-corrected chi connectivity index (χ1v) is 10.2. The molecule has 1 N–H and O–H groups in total. The van der Waals surface area contributed by atoms with Crippen LogP contribution in [-0.2, 0) is 0 Å². The third-order valence-corrected chi connectivity index (χ3v) is 5.77. The fourth-order valence-corrected chi connectivity index (χ4v) is 3.85. The standard InChI is InChI=1S/C25H27N3O/c1-17(22-9-4-5-14-26-22)28-24(29)20-15-19-7-6-8-21(23(19)27-16-20)18-10-12-25(2,3)13-11-18/h4-10,14-17H,11-13H2,1-3H3,(H,28,29)/t17-/m0/s1. The number of nitrogens with zero attached hydrogens (tertiary/aromatic N) is 2. The molecule has 0 fully saturated rings. The summed E-state index contributed by atoms with van der Waals surface area (Å²) in [6.07, 6.45) is 9.11. The van der Waals surface area contributed by atoms with Crippen molar-refractivity contribution < 1.29 is 4.79 Å². The molecule has 1 aliphatic carbocycles. The molecule has 2 aromatic heterocycles. The van der Waals surface area contributed by atoms with Crippen molar-refractivity contribution in [1.29, 1.82) is 0 Å². The van der Waals surface area contributed by atoms with Gasteiger partial charge < -0.3 is 5.32 Å². The van der Waals surface area contributed by atoms with E-state index in [1.807, 2.05) is 37.3 Å². The molecule has 2 heterocycles. The molecule has 0 spiro atoms. The number of aromatic nitrogens is 2. The second kappa shape index (κ2) is 7.78. The topological polar surface area (TPSA) is 54.9 Å². The Kier molecular flexibility index (Phi) is 5.18. The van der Waals surface area contributed by atoms with Gasteiger partial charge in [-0.15, -0.1) is 0 Å². The summed E-state index contributed by atoms with van der Waals surface area (Å²) >= 11 is 0. The van der Waals surface area contributed by atoms with Crippen LogP contribution in [0.3, 0.4) is 0 Å². The number of carbonyl (C=O) groups excluding carboxylic acids is 1. The van der Waals surface area contributed by atoms with Gasteiger partial charge in [-0.05, 0) is 55.4 Å². The fraction of sp³-hybridized carbons (Fsp3) is 0.320. The molecule has 0 saturated heterocycles. The highest BCUT2D eigenvalue weighted by Gasteiger charge is 2.23. The lowest BCUT2D eigenvalue weighted by atomic mass is 9.77. The molecule has 0 unspecified atom stereocenters. The number of fused-ring (bicyclic) bond motifs is 1. The van der Waals surface area contributed by atoms with E-state index in [4.69, 9.17) is 0 Å². The van der Waals surface area contributed by atoms with E-state index in [9.17, 15) is 4.79 Å². The van der Waals surface area contributed by atoms with E-state index in [1.165, 1.54) is 17.6 Å². The minimum Gasteiger partial charge on any atom is -0.344 e. The van der Waals surface area contributed by atoms with Crippen molar-refractivity contribution in [2.45, 2.75) is 46.1 Å². The van der Waals surface area contributed by atoms with Gasteiger partial charge in [0.15, 0.2) is 0 Å². The number of nitrogens with one attached hydrogen (secondary N) is 1. The lowest BCUT2D eigenvalue weighted by Crippen LogP contribution is -2.27. The molecule has 0 aliphatic heterocycles. The van der Waals surface area contributed by atoms with Gasteiger partial charge in [0.05, 0.1) is 22.8 Å². The number of carbonyl (C=O) groups is 1. The molecule has 0 saturated carbocycles. The van der Waals surface area contributed by atoms with Crippen LogP contribution in [0.5, 0.6) is 0 Å². The number of pyridine rings is 2. The van der Waals surface area contributed by atoms with E-state index >= 15 is 0 Å². The van der Waals surface area contributed by atoms with Crippen LogP contribution in [-0.4, -0.2) is 15.9 Å². The van der Waals surface area contributed by atoms with Crippen molar-refractivity contribution >= 4 is 22.4 Å². The third kappa shape index (κ3) is 4.21. The Bertz CT molecular complexity index is 1070. The third-order valence-electron chi connectivity index (χ3n) is 5.77. The van der Waals surface area contributed by atoms with E-state index in [-0.39, 0.29) is 11.9 Å². The van der Waals surface area contributed by atoms with Crippen LogP contribution in [0, 0.1) is 5.41 Å². The highest BCUT2D eigenvalue weighted by molar-refractivity contribution is 5.99. The first kappa shape index (κ1) is 19.3. The molecule has 1 aliphatic rings. The van der Waals surface area contributed by atoms with Crippen molar-refractivity contribution in [3.63, 3.8) is 0 Å². The monoisotopic (exact) mass is 385 g/mol. The van der Waals surface area contributed by atoms with Crippen LogP contribution in [0.25, 0.3) is 16.5 Å². The van der Waals surface area contributed by atoms with E-state index in [0.29, 0.717) is 11.0 Å². The van der Waals surface area contributed by atoms with E-state index in [0.717, 1.165) is 29.4 Å². The molecule has 4 nitrogen and oxygen atoms in total. The van der Waals surface area contributed by atoms with Gasteiger partial charge in [-0.3, -0.25) is 14.8 Å². The Morgan fingerprint density at radius 3 is 2.72 bits per heavy atom. The highest BCUT2D eigenvalue weighted by atomic mass is 16.1. The van der Waals surface area contributed by atoms with Gasteiger partial charge in [0, 0.05) is 23.3 Å². The number of amides is 1. The average molecular weight is 386 g/mol. The zero-order valence-electron chi connectivity index (χ0n) is 17.3. The second-order valence-corrected chi connectivity index (χ2v) is 8.65. The minimum absolute atomic E-state index is 0.137. The average Bonchev–Trinajstić information content (AvgIpc) is 2.73. The molecule has 1 amide bonds. The lowest BCUT2D eigenvalue weighted by Gasteiger charge is -2.29. The first-order chi connectivity index (χ1) is 13.9. The number of benzene rings is 1. The summed E-state index contributed by atoms with van der Waals surface area (Å²) in [6.45, 7) is 6.57. The van der Waals surface area contributed by atoms with Crippen LogP contribution >= 0.6 is 0 Å². The van der Waals surface area contributed by atoms with Crippen molar-refractivity contribution in [1.82, 2.24) is 15.3 Å². The van der Waals surface area contributed by atoms with Crippen LogP contribution in [0.2, 0.25) is 0 Å². The Balaban J connectivity index is 1.59. The van der Waals surface area contributed by atoms with Gasteiger partial charge in [-0.1, -0.05) is 44.2 Å². The molecule has 29 heavy (non-hydrogen) atoms.